The number of amides is 2. The first-order valence-electron chi connectivity index (χ1n) is 9.22. The standard InChI is InChI=1S/C21H29N3O3/c1-4-5-14-27-19-12-8-17(9-13-19)23-21(26)22-15-20(25)16-6-10-18(11-7-16)24(2)3/h6-13,20,25H,4-5,14-15H2,1-3H3,(H2,22,23,26). The van der Waals surface area contributed by atoms with E-state index in [-0.39, 0.29) is 12.6 Å². The minimum Gasteiger partial charge on any atom is -0.494 e. The highest BCUT2D eigenvalue weighted by Crippen LogP contribution is 2.18. The van der Waals surface area contributed by atoms with Gasteiger partial charge in [0.2, 0.25) is 0 Å². The van der Waals surface area contributed by atoms with Gasteiger partial charge in [0, 0.05) is 32.0 Å². The molecule has 0 saturated heterocycles. The van der Waals surface area contributed by atoms with E-state index < -0.39 is 6.10 Å². The van der Waals surface area contributed by atoms with Gasteiger partial charge in [-0.25, -0.2) is 4.79 Å². The van der Waals surface area contributed by atoms with E-state index in [0.717, 1.165) is 29.8 Å². The minimum atomic E-state index is -0.763. The summed E-state index contributed by atoms with van der Waals surface area (Å²) in [4.78, 5) is 14.0. The first-order chi connectivity index (χ1) is 13.0. The number of hydrogen-bond acceptors (Lipinski definition) is 4. The summed E-state index contributed by atoms with van der Waals surface area (Å²) in [5.74, 6) is 0.783. The fourth-order valence-corrected chi connectivity index (χ4v) is 2.45. The molecule has 0 fully saturated rings. The lowest BCUT2D eigenvalue weighted by Crippen LogP contribution is -2.32. The summed E-state index contributed by atoms with van der Waals surface area (Å²) in [5, 5.41) is 15.7. The molecule has 6 heteroatoms. The normalized spacial score (nSPS) is 11.6. The second-order valence-corrected chi connectivity index (χ2v) is 6.56. The van der Waals surface area contributed by atoms with Crippen molar-refractivity contribution in [3.8, 4) is 5.75 Å². The Kier molecular flexibility index (Phi) is 7.95. The Morgan fingerprint density at radius 2 is 1.78 bits per heavy atom. The third-order valence-electron chi connectivity index (χ3n) is 4.13. The van der Waals surface area contributed by atoms with Gasteiger partial charge in [0.25, 0.3) is 0 Å². The van der Waals surface area contributed by atoms with E-state index >= 15 is 0 Å². The molecule has 1 atom stereocenters. The number of nitrogens with zero attached hydrogens (tertiary/aromatic N) is 1. The van der Waals surface area contributed by atoms with Crippen LogP contribution >= 0.6 is 0 Å². The monoisotopic (exact) mass is 371 g/mol. The van der Waals surface area contributed by atoms with E-state index in [1.165, 1.54) is 0 Å². The molecule has 0 spiro atoms. The molecule has 0 bridgehead atoms. The highest BCUT2D eigenvalue weighted by atomic mass is 16.5. The maximum absolute atomic E-state index is 12.0. The number of carbonyl (C=O) groups excluding carboxylic acids is 1. The van der Waals surface area contributed by atoms with E-state index in [4.69, 9.17) is 4.74 Å². The molecule has 0 aliphatic rings. The average Bonchev–Trinajstić information content (AvgIpc) is 2.67. The molecule has 2 amide bonds. The van der Waals surface area contributed by atoms with Crippen LogP contribution in [0.5, 0.6) is 5.75 Å². The molecule has 2 aromatic rings. The number of nitrogens with one attached hydrogen (secondary N) is 2. The maximum atomic E-state index is 12.0. The van der Waals surface area contributed by atoms with Crippen LogP contribution in [0.25, 0.3) is 0 Å². The molecule has 27 heavy (non-hydrogen) atoms. The highest BCUT2D eigenvalue weighted by Gasteiger charge is 2.10. The van der Waals surface area contributed by atoms with Crippen molar-refractivity contribution in [3.63, 3.8) is 0 Å². The van der Waals surface area contributed by atoms with Crippen molar-refractivity contribution in [1.29, 1.82) is 0 Å². The van der Waals surface area contributed by atoms with Crippen LogP contribution < -0.4 is 20.3 Å². The minimum absolute atomic E-state index is 0.130. The lowest BCUT2D eigenvalue weighted by Gasteiger charge is -2.16. The van der Waals surface area contributed by atoms with Crippen LogP contribution in [-0.2, 0) is 0 Å². The number of carbonyl (C=O) groups is 1. The lowest BCUT2D eigenvalue weighted by atomic mass is 10.1. The Bertz CT molecular complexity index is 700. The van der Waals surface area contributed by atoms with Crippen molar-refractivity contribution >= 4 is 17.4 Å². The van der Waals surface area contributed by atoms with E-state index in [1.807, 2.05) is 55.4 Å². The van der Waals surface area contributed by atoms with Gasteiger partial charge in [-0.1, -0.05) is 25.5 Å². The van der Waals surface area contributed by atoms with E-state index in [0.29, 0.717) is 12.3 Å². The predicted molar refractivity (Wildman–Crippen MR) is 110 cm³/mol. The fraction of sp³-hybridized carbons (Fsp3) is 0.381. The van der Waals surface area contributed by atoms with Gasteiger partial charge in [0.1, 0.15) is 5.75 Å². The molecule has 0 saturated carbocycles. The van der Waals surface area contributed by atoms with Gasteiger partial charge in [-0.15, -0.1) is 0 Å². The molecule has 146 valence electrons. The second kappa shape index (κ2) is 10.4. The number of ether oxygens (including phenoxy) is 1. The Morgan fingerprint density at radius 3 is 2.37 bits per heavy atom. The van der Waals surface area contributed by atoms with E-state index in [2.05, 4.69) is 17.6 Å². The summed E-state index contributed by atoms with van der Waals surface area (Å²) in [6.45, 7) is 2.94. The van der Waals surface area contributed by atoms with Gasteiger partial charge >= 0.3 is 6.03 Å². The zero-order valence-corrected chi connectivity index (χ0v) is 16.2. The maximum Gasteiger partial charge on any atom is 0.319 e. The van der Waals surface area contributed by atoms with Gasteiger partial charge < -0.3 is 25.4 Å². The molecule has 0 aliphatic carbocycles. The SMILES string of the molecule is CCCCOc1ccc(NC(=O)NCC(O)c2ccc(N(C)C)cc2)cc1. The molecule has 2 aromatic carbocycles. The third-order valence-corrected chi connectivity index (χ3v) is 4.13. The van der Waals surface area contributed by atoms with Crippen LogP contribution in [-0.4, -0.2) is 38.4 Å². The van der Waals surface area contributed by atoms with Gasteiger partial charge in [-0.2, -0.15) is 0 Å². The summed E-state index contributed by atoms with van der Waals surface area (Å²) in [6, 6.07) is 14.4. The molecule has 0 radical (unpaired) electrons. The number of aliphatic hydroxyl groups excluding tert-OH is 1. The van der Waals surface area contributed by atoms with Crippen LogP contribution in [0.1, 0.15) is 31.4 Å². The van der Waals surface area contributed by atoms with Crippen LogP contribution in [0, 0.1) is 0 Å². The number of benzene rings is 2. The van der Waals surface area contributed by atoms with Crippen molar-refractivity contribution in [2.45, 2.75) is 25.9 Å². The van der Waals surface area contributed by atoms with Crippen molar-refractivity contribution in [2.24, 2.45) is 0 Å². The number of rotatable bonds is 9. The van der Waals surface area contributed by atoms with Crippen molar-refractivity contribution in [2.75, 3.05) is 37.5 Å². The Hall–Kier alpha value is -2.73. The van der Waals surface area contributed by atoms with Gasteiger partial charge in [0.05, 0.1) is 12.7 Å². The van der Waals surface area contributed by atoms with Crippen molar-refractivity contribution in [3.05, 3.63) is 54.1 Å². The fourth-order valence-electron chi connectivity index (χ4n) is 2.45. The van der Waals surface area contributed by atoms with E-state index in [1.54, 1.807) is 12.1 Å². The second-order valence-electron chi connectivity index (χ2n) is 6.56. The summed E-state index contributed by atoms with van der Waals surface area (Å²) >= 11 is 0. The first kappa shape index (κ1) is 20.6. The number of aliphatic hydroxyl groups is 1. The molecule has 3 N–H and O–H groups in total. The molecule has 6 nitrogen and oxygen atoms in total. The number of anilines is 2. The molecule has 0 heterocycles. The zero-order valence-electron chi connectivity index (χ0n) is 16.2. The Morgan fingerprint density at radius 1 is 1.11 bits per heavy atom. The first-order valence-corrected chi connectivity index (χ1v) is 9.22. The van der Waals surface area contributed by atoms with E-state index in [9.17, 15) is 9.90 Å². The molecule has 0 aromatic heterocycles. The molecule has 0 aliphatic heterocycles. The quantitative estimate of drug-likeness (QED) is 0.587. The summed E-state index contributed by atoms with van der Waals surface area (Å²) in [6.07, 6.45) is 1.34. The van der Waals surface area contributed by atoms with Gasteiger partial charge in [-0.3, -0.25) is 0 Å². The number of urea groups is 1. The molecule has 2 rings (SSSR count). The number of unbranched alkanes of at least 4 members (excludes halogenated alkanes) is 1. The van der Waals surface area contributed by atoms with Crippen molar-refractivity contribution < 1.29 is 14.6 Å². The average molecular weight is 371 g/mol. The molecule has 1 unspecified atom stereocenters. The Labute approximate surface area is 161 Å². The van der Waals surface area contributed by atoms with Crippen LogP contribution in [0.4, 0.5) is 16.2 Å². The summed E-state index contributed by atoms with van der Waals surface area (Å²) in [7, 11) is 3.92. The summed E-state index contributed by atoms with van der Waals surface area (Å²) < 4.78 is 5.59. The predicted octanol–water partition coefficient (Wildman–Crippen LogP) is 3.79. The highest BCUT2D eigenvalue weighted by molar-refractivity contribution is 5.89. The Balaban J connectivity index is 1.78. The largest absolute Gasteiger partial charge is 0.494 e. The molecular formula is C21H29N3O3. The summed E-state index contributed by atoms with van der Waals surface area (Å²) in [5.41, 5.74) is 2.48. The topological polar surface area (TPSA) is 73.8 Å². The molecular weight excluding hydrogens is 342 g/mol. The zero-order chi connectivity index (χ0) is 19.6. The van der Waals surface area contributed by atoms with Gasteiger partial charge in [0.15, 0.2) is 0 Å². The number of hydrogen-bond donors (Lipinski definition) is 3. The third kappa shape index (κ3) is 6.83. The van der Waals surface area contributed by atoms with Crippen LogP contribution in [0.2, 0.25) is 0 Å². The smallest absolute Gasteiger partial charge is 0.319 e. The van der Waals surface area contributed by atoms with Crippen LogP contribution in [0.15, 0.2) is 48.5 Å². The van der Waals surface area contributed by atoms with Crippen molar-refractivity contribution in [1.82, 2.24) is 5.32 Å². The van der Waals surface area contributed by atoms with Gasteiger partial charge in [-0.05, 0) is 48.4 Å². The van der Waals surface area contributed by atoms with Crippen LogP contribution in [0.3, 0.4) is 0 Å². The lowest BCUT2D eigenvalue weighted by molar-refractivity contribution is 0.175.